The quantitative estimate of drug-likeness (QED) is 0.541. The SMILES string of the molecule is [O]CC(CO)CF. The van der Waals surface area contributed by atoms with Crippen molar-refractivity contribution in [2.24, 2.45) is 5.92 Å². The Labute approximate surface area is 41.6 Å². The van der Waals surface area contributed by atoms with E-state index in [0.29, 0.717) is 0 Å². The molecule has 0 amide bonds. The van der Waals surface area contributed by atoms with Crippen LogP contribution in [0.4, 0.5) is 4.39 Å². The van der Waals surface area contributed by atoms with E-state index in [1.54, 1.807) is 0 Å². The normalized spacial score (nSPS) is 10.3. The fourth-order valence-electron chi connectivity index (χ4n) is 0.146. The van der Waals surface area contributed by atoms with Gasteiger partial charge in [0.25, 0.3) is 0 Å². The minimum atomic E-state index is -0.708. The first-order valence-corrected chi connectivity index (χ1v) is 2.10. The number of hydrogen-bond acceptors (Lipinski definition) is 1. The van der Waals surface area contributed by atoms with Crippen LogP contribution in [0.2, 0.25) is 0 Å². The predicted molar refractivity (Wildman–Crippen MR) is 22.1 cm³/mol. The standard InChI is InChI=1S/C4H8FO2/c5-1-4(2-6)3-7/h4,6H,1-3H2. The molecule has 0 saturated heterocycles. The number of alkyl halides is 1. The number of halogens is 1. The van der Waals surface area contributed by atoms with Gasteiger partial charge in [0.2, 0.25) is 0 Å². The highest BCUT2D eigenvalue weighted by Gasteiger charge is 2.03. The maximum Gasteiger partial charge on any atom is 0.0967 e. The van der Waals surface area contributed by atoms with Gasteiger partial charge in [-0.1, -0.05) is 0 Å². The van der Waals surface area contributed by atoms with Crippen molar-refractivity contribution in [1.82, 2.24) is 0 Å². The van der Waals surface area contributed by atoms with Crippen molar-refractivity contribution in [2.45, 2.75) is 0 Å². The Hall–Kier alpha value is -0.150. The molecule has 0 aromatic carbocycles. The zero-order valence-corrected chi connectivity index (χ0v) is 3.93. The number of hydrogen-bond donors (Lipinski definition) is 1. The summed E-state index contributed by atoms with van der Waals surface area (Å²) in [6, 6.07) is 0. The van der Waals surface area contributed by atoms with Crippen molar-refractivity contribution in [3.63, 3.8) is 0 Å². The van der Waals surface area contributed by atoms with Gasteiger partial charge in [-0.2, -0.15) is 0 Å². The second-order valence-electron chi connectivity index (χ2n) is 1.37. The van der Waals surface area contributed by atoms with Crippen molar-refractivity contribution in [1.29, 1.82) is 0 Å². The molecule has 0 bridgehead atoms. The van der Waals surface area contributed by atoms with Crippen molar-refractivity contribution >= 4 is 0 Å². The van der Waals surface area contributed by atoms with Crippen LogP contribution in [0.3, 0.4) is 0 Å². The topological polar surface area (TPSA) is 40.1 Å². The molecule has 1 radical (unpaired) electrons. The maximum atomic E-state index is 11.3. The molecule has 0 aliphatic heterocycles. The Morgan fingerprint density at radius 2 is 2.29 bits per heavy atom. The summed E-state index contributed by atoms with van der Waals surface area (Å²) >= 11 is 0. The van der Waals surface area contributed by atoms with Gasteiger partial charge >= 0.3 is 0 Å². The van der Waals surface area contributed by atoms with Crippen LogP contribution < -0.4 is 0 Å². The van der Waals surface area contributed by atoms with Crippen LogP contribution in [0, 0.1) is 5.92 Å². The highest BCUT2D eigenvalue weighted by molar-refractivity contribution is 4.49. The number of aliphatic hydroxyl groups excluding tert-OH is 1. The lowest BCUT2D eigenvalue weighted by Crippen LogP contribution is -2.11. The van der Waals surface area contributed by atoms with Crippen molar-refractivity contribution in [3.8, 4) is 0 Å². The molecule has 0 spiro atoms. The van der Waals surface area contributed by atoms with Crippen LogP contribution in [0.15, 0.2) is 0 Å². The molecule has 0 rings (SSSR count). The van der Waals surface area contributed by atoms with E-state index in [-0.39, 0.29) is 6.61 Å². The molecule has 0 saturated carbocycles. The van der Waals surface area contributed by atoms with Gasteiger partial charge in [0.05, 0.1) is 19.9 Å². The van der Waals surface area contributed by atoms with Gasteiger partial charge in [-0.25, -0.2) is 5.11 Å². The van der Waals surface area contributed by atoms with E-state index in [9.17, 15) is 9.50 Å². The molecule has 43 valence electrons. The number of rotatable bonds is 3. The summed E-state index contributed by atoms with van der Waals surface area (Å²) in [4.78, 5) is 0. The second kappa shape index (κ2) is 4.02. The summed E-state index contributed by atoms with van der Waals surface area (Å²) < 4.78 is 11.3. The molecule has 1 atom stereocenters. The summed E-state index contributed by atoms with van der Waals surface area (Å²) in [5, 5.41) is 17.8. The van der Waals surface area contributed by atoms with E-state index in [1.165, 1.54) is 0 Å². The average Bonchev–Trinajstić information content (AvgIpc) is 1.72. The van der Waals surface area contributed by atoms with E-state index in [1.807, 2.05) is 0 Å². The third-order valence-electron chi connectivity index (χ3n) is 0.712. The monoisotopic (exact) mass is 107 g/mol. The van der Waals surface area contributed by atoms with Gasteiger partial charge in [-0.05, 0) is 0 Å². The highest BCUT2D eigenvalue weighted by Crippen LogP contribution is 1.91. The van der Waals surface area contributed by atoms with Gasteiger partial charge in [0.1, 0.15) is 0 Å². The summed E-state index contributed by atoms with van der Waals surface area (Å²) in [5.74, 6) is -0.681. The zero-order valence-electron chi connectivity index (χ0n) is 3.93. The smallest absolute Gasteiger partial charge is 0.0967 e. The van der Waals surface area contributed by atoms with Crippen LogP contribution in [0.1, 0.15) is 0 Å². The van der Waals surface area contributed by atoms with Crippen molar-refractivity contribution < 1.29 is 14.6 Å². The van der Waals surface area contributed by atoms with E-state index < -0.39 is 19.2 Å². The Bertz CT molecular complexity index is 31.2. The Kier molecular flexibility index (Phi) is 3.93. The van der Waals surface area contributed by atoms with Crippen LogP contribution in [0.25, 0.3) is 0 Å². The van der Waals surface area contributed by atoms with E-state index in [2.05, 4.69) is 0 Å². The number of aliphatic hydroxyl groups is 1. The van der Waals surface area contributed by atoms with Crippen LogP contribution >= 0.6 is 0 Å². The molecule has 0 aliphatic rings. The molecule has 0 aromatic rings. The largest absolute Gasteiger partial charge is 0.396 e. The lowest BCUT2D eigenvalue weighted by molar-refractivity contribution is 0.0861. The first-order chi connectivity index (χ1) is 3.35. The first-order valence-electron chi connectivity index (χ1n) is 2.10. The molecular formula is C4H8FO2. The molecular weight excluding hydrogens is 99.0 g/mol. The minimum Gasteiger partial charge on any atom is -0.396 e. The lowest BCUT2D eigenvalue weighted by atomic mass is 10.2. The maximum absolute atomic E-state index is 11.3. The Balaban J connectivity index is 2.99. The van der Waals surface area contributed by atoms with Gasteiger partial charge in [-0.3, -0.25) is 4.39 Å². The fourth-order valence-corrected chi connectivity index (χ4v) is 0.146. The average molecular weight is 107 g/mol. The zero-order chi connectivity index (χ0) is 5.70. The lowest BCUT2D eigenvalue weighted by Gasteiger charge is -1.99. The minimum absolute atomic E-state index is 0.333. The highest BCUT2D eigenvalue weighted by atomic mass is 19.1. The summed E-state index contributed by atoms with van der Waals surface area (Å²) in [6.07, 6.45) is 0. The van der Waals surface area contributed by atoms with E-state index >= 15 is 0 Å². The molecule has 1 N–H and O–H groups in total. The molecule has 0 aliphatic carbocycles. The molecule has 0 fully saturated rings. The summed E-state index contributed by atoms with van der Waals surface area (Å²) in [6.45, 7) is -1.56. The van der Waals surface area contributed by atoms with Crippen LogP contribution in [0.5, 0.6) is 0 Å². The van der Waals surface area contributed by atoms with E-state index in [0.717, 1.165) is 0 Å². The van der Waals surface area contributed by atoms with Crippen molar-refractivity contribution in [2.75, 3.05) is 19.9 Å². The van der Waals surface area contributed by atoms with Gasteiger partial charge in [-0.15, -0.1) is 0 Å². The van der Waals surface area contributed by atoms with E-state index in [4.69, 9.17) is 5.11 Å². The predicted octanol–water partition coefficient (Wildman–Crippen LogP) is -0.00510. The second-order valence-corrected chi connectivity index (χ2v) is 1.37. The molecule has 2 nitrogen and oxygen atoms in total. The third kappa shape index (κ3) is 2.53. The third-order valence-corrected chi connectivity index (χ3v) is 0.712. The van der Waals surface area contributed by atoms with Gasteiger partial charge in [0, 0.05) is 5.92 Å². The molecule has 0 heterocycles. The van der Waals surface area contributed by atoms with Crippen LogP contribution in [-0.2, 0) is 5.11 Å². The first kappa shape index (κ1) is 6.85. The summed E-state index contributed by atoms with van der Waals surface area (Å²) in [7, 11) is 0. The Morgan fingerprint density at radius 3 is 2.29 bits per heavy atom. The van der Waals surface area contributed by atoms with Crippen LogP contribution in [-0.4, -0.2) is 25.0 Å². The molecule has 7 heavy (non-hydrogen) atoms. The molecule has 1 unspecified atom stereocenters. The van der Waals surface area contributed by atoms with Crippen molar-refractivity contribution in [3.05, 3.63) is 0 Å². The molecule has 0 aromatic heterocycles. The van der Waals surface area contributed by atoms with Gasteiger partial charge in [0.15, 0.2) is 0 Å². The Morgan fingerprint density at radius 1 is 1.71 bits per heavy atom. The fraction of sp³-hybridized carbons (Fsp3) is 1.00. The summed E-state index contributed by atoms with van der Waals surface area (Å²) in [5.41, 5.74) is 0. The molecule has 3 heteroatoms. The van der Waals surface area contributed by atoms with Gasteiger partial charge < -0.3 is 5.11 Å².